The fourth-order valence-corrected chi connectivity index (χ4v) is 2.19. The van der Waals surface area contributed by atoms with Gasteiger partial charge in [-0.15, -0.1) is 0 Å². The van der Waals surface area contributed by atoms with Gasteiger partial charge < -0.3 is 15.3 Å². The Hall–Kier alpha value is -0.940. The van der Waals surface area contributed by atoms with Gasteiger partial charge in [0.25, 0.3) is 0 Å². The van der Waals surface area contributed by atoms with Gasteiger partial charge in [-0.3, -0.25) is 4.90 Å². The molecular formula is C13H19NO3. The van der Waals surface area contributed by atoms with Crippen molar-refractivity contribution in [1.82, 2.24) is 4.90 Å². The van der Waals surface area contributed by atoms with Gasteiger partial charge in [-0.05, 0) is 12.0 Å². The number of benzene rings is 1. The van der Waals surface area contributed by atoms with E-state index in [9.17, 15) is 15.3 Å². The molecule has 94 valence electrons. The van der Waals surface area contributed by atoms with Crippen LogP contribution in [-0.2, 0) is 6.42 Å². The molecule has 0 radical (unpaired) electrons. The van der Waals surface area contributed by atoms with Crippen LogP contribution in [0.15, 0.2) is 30.3 Å². The van der Waals surface area contributed by atoms with Gasteiger partial charge in [-0.1, -0.05) is 30.3 Å². The van der Waals surface area contributed by atoms with Gasteiger partial charge in [-0.25, -0.2) is 0 Å². The van der Waals surface area contributed by atoms with Gasteiger partial charge in [0.2, 0.25) is 0 Å². The van der Waals surface area contributed by atoms with Crippen LogP contribution in [-0.4, -0.2) is 58.2 Å². The number of rotatable bonds is 3. The van der Waals surface area contributed by atoms with Gasteiger partial charge >= 0.3 is 0 Å². The summed E-state index contributed by atoms with van der Waals surface area (Å²) in [5.41, 5.74) is 1.24. The summed E-state index contributed by atoms with van der Waals surface area (Å²) < 4.78 is 0. The molecule has 2 rings (SSSR count). The van der Waals surface area contributed by atoms with E-state index >= 15 is 0 Å². The van der Waals surface area contributed by atoms with Crippen LogP contribution in [0.2, 0.25) is 0 Å². The summed E-state index contributed by atoms with van der Waals surface area (Å²) >= 11 is 0. The quantitative estimate of drug-likeness (QED) is 0.671. The number of aliphatic hydroxyl groups is 3. The maximum absolute atomic E-state index is 9.56. The molecule has 1 heterocycles. The average Bonchev–Trinajstić information content (AvgIpc) is 2.34. The molecule has 0 saturated carbocycles. The molecule has 17 heavy (non-hydrogen) atoms. The van der Waals surface area contributed by atoms with Gasteiger partial charge in [-0.2, -0.15) is 0 Å². The first kappa shape index (κ1) is 12.5. The van der Waals surface area contributed by atoms with Crippen molar-refractivity contribution in [3.05, 3.63) is 35.9 Å². The average molecular weight is 237 g/mol. The van der Waals surface area contributed by atoms with E-state index in [0.29, 0.717) is 13.1 Å². The van der Waals surface area contributed by atoms with Crippen molar-refractivity contribution in [2.75, 3.05) is 19.6 Å². The van der Waals surface area contributed by atoms with Crippen LogP contribution < -0.4 is 0 Å². The molecular weight excluding hydrogens is 218 g/mol. The molecule has 1 aliphatic rings. The van der Waals surface area contributed by atoms with E-state index in [1.165, 1.54) is 5.56 Å². The number of hydrogen-bond acceptors (Lipinski definition) is 4. The molecule has 1 aromatic rings. The van der Waals surface area contributed by atoms with E-state index in [0.717, 1.165) is 13.0 Å². The Balaban J connectivity index is 1.84. The molecule has 4 nitrogen and oxygen atoms in total. The van der Waals surface area contributed by atoms with Crippen molar-refractivity contribution >= 4 is 0 Å². The summed E-state index contributed by atoms with van der Waals surface area (Å²) in [5, 5.41) is 28.6. The lowest BCUT2D eigenvalue weighted by Gasteiger charge is -2.36. The molecule has 0 bridgehead atoms. The molecule has 1 saturated heterocycles. The minimum Gasteiger partial charge on any atom is -0.389 e. The van der Waals surface area contributed by atoms with Crippen LogP contribution in [0.5, 0.6) is 0 Å². The predicted molar refractivity (Wildman–Crippen MR) is 64.6 cm³/mol. The van der Waals surface area contributed by atoms with Gasteiger partial charge in [0.1, 0.15) is 6.10 Å². The molecule has 2 atom stereocenters. The standard InChI is InChI=1S/C13H19NO3/c15-11-8-14(9-12(16)13(11)17)7-6-10-4-2-1-3-5-10/h1-5,11-13,15-17H,6-9H2. The Morgan fingerprint density at radius 2 is 1.59 bits per heavy atom. The monoisotopic (exact) mass is 237 g/mol. The van der Waals surface area contributed by atoms with Crippen molar-refractivity contribution < 1.29 is 15.3 Å². The van der Waals surface area contributed by atoms with E-state index in [1.54, 1.807) is 0 Å². The van der Waals surface area contributed by atoms with Crippen LogP contribution in [0.3, 0.4) is 0 Å². The summed E-state index contributed by atoms with van der Waals surface area (Å²) in [7, 11) is 0. The van der Waals surface area contributed by atoms with Crippen molar-refractivity contribution in [3.8, 4) is 0 Å². The number of likely N-dealkylation sites (tertiary alicyclic amines) is 1. The number of piperidine rings is 1. The smallest absolute Gasteiger partial charge is 0.108 e. The topological polar surface area (TPSA) is 63.9 Å². The highest BCUT2D eigenvalue weighted by molar-refractivity contribution is 5.14. The Morgan fingerprint density at radius 1 is 1.00 bits per heavy atom. The largest absolute Gasteiger partial charge is 0.389 e. The second-order valence-electron chi connectivity index (χ2n) is 4.62. The fourth-order valence-electron chi connectivity index (χ4n) is 2.19. The Kier molecular flexibility index (Phi) is 4.12. The van der Waals surface area contributed by atoms with Crippen LogP contribution in [0.4, 0.5) is 0 Å². The van der Waals surface area contributed by atoms with Crippen molar-refractivity contribution in [3.63, 3.8) is 0 Å². The van der Waals surface area contributed by atoms with E-state index in [2.05, 4.69) is 12.1 Å². The Bertz CT molecular complexity index is 332. The SMILES string of the molecule is OC1CN(CCc2ccccc2)CC(O)C1O. The normalized spacial score (nSPS) is 30.4. The molecule has 1 fully saturated rings. The minimum atomic E-state index is -1.01. The van der Waals surface area contributed by atoms with E-state index in [-0.39, 0.29) is 0 Å². The second-order valence-corrected chi connectivity index (χ2v) is 4.62. The summed E-state index contributed by atoms with van der Waals surface area (Å²) in [6, 6.07) is 10.1. The number of β-amino-alcohol motifs (C(OH)–C–C–N with tert-alkyl or cyclic N) is 2. The first-order chi connectivity index (χ1) is 8.16. The molecule has 2 unspecified atom stereocenters. The Labute approximate surface area is 101 Å². The zero-order valence-corrected chi connectivity index (χ0v) is 9.74. The maximum Gasteiger partial charge on any atom is 0.108 e. The lowest BCUT2D eigenvalue weighted by atomic mass is 10.0. The van der Waals surface area contributed by atoms with Crippen molar-refractivity contribution in [1.29, 1.82) is 0 Å². The minimum absolute atomic E-state index is 0.422. The molecule has 0 aromatic heterocycles. The number of aliphatic hydroxyl groups excluding tert-OH is 3. The summed E-state index contributed by atoms with van der Waals surface area (Å²) in [6.07, 6.45) is -1.83. The van der Waals surface area contributed by atoms with Gasteiger partial charge in [0.05, 0.1) is 12.2 Å². The third-order valence-corrected chi connectivity index (χ3v) is 3.24. The molecule has 1 aromatic carbocycles. The molecule has 1 aliphatic heterocycles. The van der Waals surface area contributed by atoms with E-state index < -0.39 is 18.3 Å². The third kappa shape index (κ3) is 3.26. The summed E-state index contributed by atoms with van der Waals surface area (Å²) in [5.74, 6) is 0. The zero-order chi connectivity index (χ0) is 12.3. The van der Waals surface area contributed by atoms with Crippen molar-refractivity contribution in [2.45, 2.75) is 24.7 Å². The molecule has 0 aliphatic carbocycles. The van der Waals surface area contributed by atoms with Gasteiger partial charge in [0.15, 0.2) is 0 Å². The second kappa shape index (κ2) is 5.60. The van der Waals surface area contributed by atoms with Gasteiger partial charge in [0, 0.05) is 19.6 Å². The first-order valence-electron chi connectivity index (χ1n) is 5.97. The van der Waals surface area contributed by atoms with Crippen LogP contribution in [0.25, 0.3) is 0 Å². The van der Waals surface area contributed by atoms with Crippen LogP contribution in [0, 0.1) is 0 Å². The van der Waals surface area contributed by atoms with Crippen molar-refractivity contribution in [2.24, 2.45) is 0 Å². The highest BCUT2D eigenvalue weighted by Gasteiger charge is 2.32. The number of nitrogens with zero attached hydrogens (tertiary/aromatic N) is 1. The third-order valence-electron chi connectivity index (χ3n) is 3.24. The van der Waals surface area contributed by atoms with Crippen LogP contribution in [0.1, 0.15) is 5.56 Å². The zero-order valence-electron chi connectivity index (χ0n) is 9.74. The lowest BCUT2D eigenvalue weighted by Crippen LogP contribution is -2.55. The molecule has 0 amide bonds. The summed E-state index contributed by atoms with van der Waals surface area (Å²) in [6.45, 7) is 1.63. The summed E-state index contributed by atoms with van der Waals surface area (Å²) in [4.78, 5) is 1.98. The van der Waals surface area contributed by atoms with E-state index in [1.807, 2.05) is 23.1 Å². The highest BCUT2D eigenvalue weighted by Crippen LogP contribution is 2.12. The fraction of sp³-hybridized carbons (Fsp3) is 0.538. The first-order valence-corrected chi connectivity index (χ1v) is 5.97. The molecule has 3 N–H and O–H groups in total. The predicted octanol–water partition coefficient (Wildman–Crippen LogP) is -0.373. The maximum atomic E-state index is 9.56. The van der Waals surface area contributed by atoms with E-state index in [4.69, 9.17) is 0 Å². The molecule has 0 spiro atoms. The lowest BCUT2D eigenvalue weighted by molar-refractivity contribution is -0.109. The number of hydrogen-bond donors (Lipinski definition) is 3. The highest BCUT2D eigenvalue weighted by atomic mass is 16.4. The molecule has 4 heteroatoms. The Morgan fingerprint density at radius 3 is 2.18 bits per heavy atom. The van der Waals surface area contributed by atoms with Crippen LogP contribution >= 0.6 is 0 Å².